The molecule has 0 aliphatic rings. The predicted molar refractivity (Wildman–Crippen MR) is 87.3 cm³/mol. The van der Waals surface area contributed by atoms with Crippen molar-refractivity contribution in [2.45, 2.75) is 33.1 Å². The Morgan fingerprint density at radius 2 is 1.95 bits per heavy atom. The Morgan fingerprint density at radius 3 is 2.53 bits per heavy atom. The van der Waals surface area contributed by atoms with Gasteiger partial charge in [0.2, 0.25) is 0 Å². The number of hydrogen-bond acceptors (Lipinski definition) is 2. The molecule has 0 aliphatic heterocycles. The lowest BCUT2D eigenvalue weighted by Crippen LogP contribution is -2.07. The molecule has 102 valence electrons. The molecule has 0 N–H and O–H groups in total. The fourth-order valence-electron chi connectivity index (χ4n) is 2.19. The first-order valence-corrected chi connectivity index (χ1v) is 8.69. The van der Waals surface area contributed by atoms with E-state index in [1.54, 1.807) is 11.3 Å². The molecule has 1 aromatic carbocycles. The van der Waals surface area contributed by atoms with Crippen molar-refractivity contribution < 1.29 is 0 Å². The minimum atomic E-state index is 0.698. The lowest BCUT2D eigenvalue weighted by Gasteiger charge is -2.14. The zero-order valence-electron chi connectivity index (χ0n) is 11.5. The molecule has 2 rings (SSSR count). The molecular weight excluding hydrogens is 318 g/mol. The van der Waals surface area contributed by atoms with Crippen LogP contribution in [-0.2, 0) is 12.8 Å². The van der Waals surface area contributed by atoms with Crippen molar-refractivity contribution in [2.24, 2.45) is 5.92 Å². The van der Waals surface area contributed by atoms with E-state index in [9.17, 15) is 0 Å². The van der Waals surface area contributed by atoms with E-state index in [1.807, 2.05) is 5.51 Å². The third-order valence-corrected chi connectivity index (χ3v) is 5.40. The van der Waals surface area contributed by atoms with Crippen LogP contribution in [0.15, 0.2) is 29.8 Å². The topological polar surface area (TPSA) is 12.9 Å². The Hall–Kier alpha value is -0.670. The molecule has 1 nitrogen and oxygen atoms in total. The first-order chi connectivity index (χ1) is 9.19. The van der Waals surface area contributed by atoms with Crippen LogP contribution in [0, 0.1) is 19.8 Å². The lowest BCUT2D eigenvalue weighted by molar-refractivity contribution is 0.544. The highest BCUT2D eigenvalue weighted by Crippen LogP contribution is 2.21. The van der Waals surface area contributed by atoms with E-state index in [0.29, 0.717) is 5.92 Å². The van der Waals surface area contributed by atoms with Gasteiger partial charge in [-0.2, -0.15) is 0 Å². The molecule has 1 atom stereocenters. The maximum atomic E-state index is 4.32. The Bertz CT molecular complexity index is 504. The average molecular weight is 338 g/mol. The van der Waals surface area contributed by atoms with Crippen LogP contribution in [0.2, 0.25) is 0 Å². The van der Waals surface area contributed by atoms with E-state index < -0.39 is 0 Å². The maximum Gasteiger partial charge on any atom is 0.0797 e. The Kier molecular flexibility index (Phi) is 5.59. The third kappa shape index (κ3) is 4.43. The van der Waals surface area contributed by atoms with Crippen molar-refractivity contribution in [1.82, 2.24) is 4.98 Å². The Balaban J connectivity index is 1.90. The van der Waals surface area contributed by atoms with Gasteiger partial charge in [0.25, 0.3) is 0 Å². The van der Waals surface area contributed by atoms with Gasteiger partial charge in [-0.25, -0.2) is 4.98 Å². The van der Waals surface area contributed by atoms with Crippen molar-refractivity contribution in [1.29, 1.82) is 0 Å². The van der Waals surface area contributed by atoms with Crippen LogP contribution in [0.1, 0.15) is 28.1 Å². The van der Waals surface area contributed by atoms with Crippen LogP contribution in [-0.4, -0.2) is 10.3 Å². The van der Waals surface area contributed by atoms with Crippen LogP contribution in [0.5, 0.6) is 0 Å². The molecule has 1 heterocycles. The summed E-state index contributed by atoms with van der Waals surface area (Å²) in [5, 5.41) is 1.07. The van der Waals surface area contributed by atoms with Gasteiger partial charge in [-0.3, -0.25) is 0 Å². The SMILES string of the molecule is Cc1ccc(CC(CBr)CCc2scnc2C)cc1. The van der Waals surface area contributed by atoms with Gasteiger partial charge in [-0.05, 0) is 44.6 Å². The van der Waals surface area contributed by atoms with Gasteiger partial charge in [0, 0.05) is 10.2 Å². The van der Waals surface area contributed by atoms with Crippen molar-refractivity contribution in [2.75, 3.05) is 5.33 Å². The van der Waals surface area contributed by atoms with Crippen molar-refractivity contribution in [3.05, 3.63) is 51.5 Å². The zero-order chi connectivity index (χ0) is 13.7. The van der Waals surface area contributed by atoms with Crippen molar-refractivity contribution >= 4 is 27.3 Å². The summed E-state index contributed by atoms with van der Waals surface area (Å²) in [6.07, 6.45) is 3.53. The summed E-state index contributed by atoms with van der Waals surface area (Å²) in [5.41, 5.74) is 5.93. The normalized spacial score (nSPS) is 12.6. The van der Waals surface area contributed by atoms with Gasteiger partial charge >= 0.3 is 0 Å². The molecule has 0 spiro atoms. The van der Waals surface area contributed by atoms with E-state index in [4.69, 9.17) is 0 Å². The van der Waals surface area contributed by atoms with Crippen molar-refractivity contribution in [3.63, 3.8) is 0 Å². The van der Waals surface area contributed by atoms with Crippen LogP contribution in [0.25, 0.3) is 0 Å². The summed E-state index contributed by atoms with van der Waals surface area (Å²) in [5.74, 6) is 0.698. The monoisotopic (exact) mass is 337 g/mol. The molecule has 0 saturated carbocycles. The highest BCUT2D eigenvalue weighted by molar-refractivity contribution is 9.09. The van der Waals surface area contributed by atoms with Gasteiger partial charge in [-0.15, -0.1) is 11.3 Å². The number of hydrogen-bond donors (Lipinski definition) is 0. The summed E-state index contributed by atoms with van der Waals surface area (Å²) >= 11 is 5.44. The number of aryl methyl sites for hydroxylation is 3. The van der Waals surface area contributed by atoms with E-state index >= 15 is 0 Å². The average Bonchev–Trinajstić information content (AvgIpc) is 2.82. The highest BCUT2D eigenvalue weighted by Gasteiger charge is 2.10. The van der Waals surface area contributed by atoms with E-state index in [1.165, 1.54) is 28.1 Å². The first kappa shape index (κ1) is 14.7. The molecule has 0 aliphatic carbocycles. The Morgan fingerprint density at radius 1 is 1.21 bits per heavy atom. The molecule has 0 saturated heterocycles. The van der Waals surface area contributed by atoms with E-state index in [0.717, 1.165) is 18.2 Å². The maximum absolute atomic E-state index is 4.32. The number of benzene rings is 1. The zero-order valence-corrected chi connectivity index (χ0v) is 13.9. The van der Waals surface area contributed by atoms with E-state index in [2.05, 4.69) is 59.0 Å². The number of halogens is 1. The molecule has 2 aromatic rings. The van der Waals surface area contributed by atoms with E-state index in [-0.39, 0.29) is 0 Å². The van der Waals surface area contributed by atoms with Gasteiger partial charge in [0.05, 0.1) is 11.2 Å². The summed E-state index contributed by atoms with van der Waals surface area (Å²) < 4.78 is 0. The largest absolute Gasteiger partial charge is 0.250 e. The quantitative estimate of drug-likeness (QED) is 0.680. The smallest absolute Gasteiger partial charge is 0.0797 e. The molecule has 1 aromatic heterocycles. The highest BCUT2D eigenvalue weighted by atomic mass is 79.9. The molecular formula is C16H20BrNS. The molecule has 0 amide bonds. The summed E-state index contributed by atoms with van der Waals surface area (Å²) in [7, 11) is 0. The van der Waals surface area contributed by atoms with Crippen molar-refractivity contribution in [3.8, 4) is 0 Å². The second kappa shape index (κ2) is 7.20. The van der Waals surface area contributed by atoms with Crippen LogP contribution >= 0.6 is 27.3 Å². The number of aromatic nitrogens is 1. The molecule has 19 heavy (non-hydrogen) atoms. The standard InChI is InChI=1S/C16H20BrNS/c1-12-3-5-14(6-4-12)9-15(10-17)7-8-16-13(2)18-11-19-16/h3-6,11,15H,7-10H2,1-2H3. The first-order valence-electron chi connectivity index (χ1n) is 6.69. The molecule has 1 unspecified atom stereocenters. The number of thiazole rings is 1. The second-order valence-corrected chi connectivity index (χ2v) is 6.70. The molecule has 0 radical (unpaired) electrons. The van der Waals surface area contributed by atoms with Gasteiger partial charge in [0.15, 0.2) is 0 Å². The summed E-state index contributed by atoms with van der Waals surface area (Å²) in [4.78, 5) is 5.76. The lowest BCUT2D eigenvalue weighted by atomic mass is 9.95. The minimum absolute atomic E-state index is 0.698. The number of alkyl halides is 1. The van der Waals surface area contributed by atoms with Gasteiger partial charge in [-0.1, -0.05) is 45.8 Å². The number of nitrogens with zero attached hydrogens (tertiary/aromatic N) is 1. The van der Waals surface area contributed by atoms with Crippen LogP contribution < -0.4 is 0 Å². The second-order valence-electron chi connectivity index (χ2n) is 5.11. The van der Waals surface area contributed by atoms with Gasteiger partial charge in [0.1, 0.15) is 0 Å². The number of rotatable bonds is 6. The molecule has 3 heteroatoms. The predicted octanol–water partition coefficient (Wildman–Crippen LogP) is 4.95. The summed E-state index contributed by atoms with van der Waals surface area (Å²) in [6, 6.07) is 8.91. The third-order valence-electron chi connectivity index (χ3n) is 3.49. The van der Waals surface area contributed by atoms with Crippen LogP contribution in [0.3, 0.4) is 0 Å². The molecule has 0 bridgehead atoms. The van der Waals surface area contributed by atoms with Gasteiger partial charge < -0.3 is 0 Å². The fraction of sp³-hybridized carbons (Fsp3) is 0.438. The Labute approximate surface area is 128 Å². The van der Waals surface area contributed by atoms with Crippen LogP contribution in [0.4, 0.5) is 0 Å². The molecule has 0 fully saturated rings. The fourth-order valence-corrected chi connectivity index (χ4v) is 3.54. The summed E-state index contributed by atoms with van der Waals surface area (Å²) in [6.45, 7) is 4.24. The minimum Gasteiger partial charge on any atom is -0.250 e.